The molecule has 2 aromatic carbocycles. The van der Waals surface area contributed by atoms with Crippen LogP contribution in [0, 0.1) is 12.7 Å². The Morgan fingerprint density at radius 1 is 1.16 bits per heavy atom. The van der Waals surface area contributed by atoms with Gasteiger partial charge in [0.25, 0.3) is 5.91 Å². The summed E-state index contributed by atoms with van der Waals surface area (Å²) in [6.07, 6.45) is -0.315. The zero-order valence-electron chi connectivity index (χ0n) is 14.8. The van der Waals surface area contributed by atoms with Crippen molar-refractivity contribution in [1.82, 2.24) is 5.32 Å². The van der Waals surface area contributed by atoms with E-state index in [1.807, 2.05) is 45.0 Å². The van der Waals surface area contributed by atoms with Gasteiger partial charge in [-0.05, 0) is 44.5 Å². The fourth-order valence-electron chi connectivity index (χ4n) is 2.25. The molecule has 134 valence electrons. The summed E-state index contributed by atoms with van der Waals surface area (Å²) in [5, 5.41) is 2.84. The van der Waals surface area contributed by atoms with E-state index in [0.717, 1.165) is 11.3 Å². The van der Waals surface area contributed by atoms with Crippen LogP contribution in [0.5, 0.6) is 11.5 Å². The number of hydrogen-bond acceptors (Lipinski definition) is 3. The number of hydrogen-bond donors (Lipinski definition) is 1. The number of benzene rings is 2. The molecule has 5 heteroatoms. The molecule has 0 heterocycles. The number of ether oxygens (including phenoxy) is 2. The maximum Gasteiger partial charge on any atom is 0.261 e. The molecule has 2 rings (SSSR count). The minimum Gasteiger partial charge on any atom is -0.491 e. The molecule has 2 aromatic rings. The second kappa shape index (κ2) is 9.06. The molecule has 0 aromatic heterocycles. The molecule has 0 unspecified atom stereocenters. The Balaban J connectivity index is 1.85. The SMILES string of the molecule is CC[C@H](Oc1ccccc1F)C(=O)N[C@H](C)COc1ccc(C)cc1. The number of nitrogens with one attached hydrogen (secondary N) is 1. The Kier molecular flexibility index (Phi) is 6.81. The van der Waals surface area contributed by atoms with Crippen LogP contribution in [0.15, 0.2) is 48.5 Å². The minimum absolute atomic E-state index is 0.0769. The predicted octanol–water partition coefficient (Wildman–Crippen LogP) is 3.88. The van der Waals surface area contributed by atoms with Crippen LogP contribution < -0.4 is 14.8 Å². The van der Waals surface area contributed by atoms with Crippen molar-refractivity contribution in [1.29, 1.82) is 0 Å². The Labute approximate surface area is 148 Å². The summed E-state index contributed by atoms with van der Waals surface area (Å²) >= 11 is 0. The number of aryl methyl sites for hydroxylation is 1. The van der Waals surface area contributed by atoms with Gasteiger partial charge in [0.1, 0.15) is 12.4 Å². The van der Waals surface area contributed by atoms with Gasteiger partial charge in [-0.15, -0.1) is 0 Å². The first kappa shape index (κ1) is 18.8. The standard InChI is InChI=1S/C20H24FNO3/c1-4-18(25-19-8-6-5-7-17(19)21)20(23)22-15(3)13-24-16-11-9-14(2)10-12-16/h5-12,15,18H,4,13H2,1-3H3,(H,22,23)/t15-,18+/m1/s1. The van der Waals surface area contributed by atoms with Crippen LogP contribution in [0.4, 0.5) is 4.39 Å². The van der Waals surface area contributed by atoms with Crippen molar-refractivity contribution in [2.24, 2.45) is 0 Å². The van der Waals surface area contributed by atoms with Gasteiger partial charge in [-0.3, -0.25) is 4.79 Å². The Hall–Kier alpha value is -2.56. The van der Waals surface area contributed by atoms with Crippen molar-refractivity contribution in [3.8, 4) is 11.5 Å². The summed E-state index contributed by atoms with van der Waals surface area (Å²) < 4.78 is 24.8. The fraction of sp³-hybridized carbons (Fsp3) is 0.350. The number of carbonyl (C=O) groups is 1. The maximum atomic E-state index is 13.7. The van der Waals surface area contributed by atoms with Gasteiger partial charge < -0.3 is 14.8 Å². The smallest absolute Gasteiger partial charge is 0.261 e. The third-order valence-electron chi connectivity index (χ3n) is 3.68. The van der Waals surface area contributed by atoms with Gasteiger partial charge >= 0.3 is 0 Å². The van der Waals surface area contributed by atoms with Gasteiger partial charge in [0.05, 0.1) is 6.04 Å². The number of amides is 1. The van der Waals surface area contributed by atoms with Crippen LogP contribution in [-0.4, -0.2) is 24.7 Å². The zero-order chi connectivity index (χ0) is 18.2. The van der Waals surface area contributed by atoms with Crippen molar-refractivity contribution >= 4 is 5.91 Å². The van der Waals surface area contributed by atoms with Gasteiger partial charge in [-0.1, -0.05) is 36.8 Å². The lowest BCUT2D eigenvalue weighted by molar-refractivity contribution is -0.129. The number of para-hydroxylation sites is 1. The highest BCUT2D eigenvalue weighted by Crippen LogP contribution is 2.18. The van der Waals surface area contributed by atoms with Crippen molar-refractivity contribution in [2.45, 2.75) is 39.3 Å². The average Bonchev–Trinajstić information content (AvgIpc) is 2.60. The van der Waals surface area contributed by atoms with E-state index in [-0.39, 0.29) is 17.7 Å². The molecule has 0 aliphatic carbocycles. The molecular formula is C20H24FNO3. The van der Waals surface area contributed by atoms with Crippen LogP contribution in [0.2, 0.25) is 0 Å². The van der Waals surface area contributed by atoms with Crippen molar-refractivity contribution in [3.05, 3.63) is 59.9 Å². The first-order chi connectivity index (χ1) is 12.0. The minimum atomic E-state index is -0.751. The quantitative estimate of drug-likeness (QED) is 0.790. The normalized spacial score (nSPS) is 13.0. The lowest BCUT2D eigenvalue weighted by atomic mass is 10.2. The van der Waals surface area contributed by atoms with E-state index >= 15 is 0 Å². The summed E-state index contributed by atoms with van der Waals surface area (Å²) in [7, 11) is 0. The molecule has 0 fully saturated rings. The average molecular weight is 345 g/mol. The van der Waals surface area contributed by atoms with Gasteiger partial charge in [0, 0.05) is 0 Å². The largest absolute Gasteiger partial charge is 0.491 e. The molecule has 2 atom stereocenters. The monoisotopic (exact) mass is 345 g/mol. The van der Waals surface area contributed by atoms with Crippen LogP contribution in [-0.2, 0) is 4.79 Å². The van der Waals surface area contributed by atoms with E-state index in [9.17, 15) is 9.18 Å². The Morgan fingerprint density at radius 3 is 2.48 bits per heavy atom. The summed E-state index contributed by atoms with van der Waals surface area (Å²) in [6.45, 7) is 6.01. The van der Waals surface area contributed by atoms with Gasteiger partial charge in [0.15, 0.2) is 17.7 Å². The van der Waals surface area contributed by atoms with Crippen molar-refractivity contribution in [2.75, 3.05) is 6.61 Å². The molecule has 4 nitrogen and oxygen atoms in total. The first-order valence-corrected chi connectivity index (χ1v) is 8.40. The predicted molar refractivity (Wildman–Crippen MR) is 95.4 cm³/mol. The molecule has 1 N–H and O–H groups in total. The molecule has 0 aliphatic heterocycles. The number of carbonyl (C=O) groups excluding carboxylic acids is 1. The van der Waals surface area contributed by atoms with E-state index in [1.54, 1.807) is 12.1 Å². The van der Waals surface area contributed by atoms with Crippen molar-refractivity contribution in [3.63, 3.8) is 0 Å². The highest BCUT2D eigenvalue weighted by Gasteiger charge is 2.21. The summed E-state index contributed by atoms with van der Waals surface area (Å²) in [6, 6.07) is 13.6. The molecular weight excluding hydrogens is 321 g/mol. The third-order valence-corrected chi connectivity index (χ3v) is 3.68. The number of halogens is 1. The molecule has 0 radical (unpaired) electrons. The molecule has 0 saturated carbocycles. The second-order valence-corrected chi connectivity index (χ2v) is 5.98. The highest BCUT2D eigenvalue weighted by atomic mass is 19.1. The van der Waals surface area contributed by atoms with Crippen LogP contribution >= 0.6 is 0 Å². The second-order valence-electron chi connectivity index (χ2n) is 5.98. The molecule has 0 spiro atoms. The topological polar surface area (TPSA) is 47.6 Å². The molecule has 1 amide bonds. The van der Waals surface area contributed by atoms with E-state index < -0.39 is 11.9 Å². The summed E-state index contributed by atoms with van der Waals surface area (Å²) in [5.41, 5.74) is 1.16. The van der Waals surface area contributed by atoms with Gasteiger partial charge in [0.2, 0.25) is 0 Å². The molecule has 0 saturated heterocycles. The zero-order valence-corrected chi connectivity index (χ0v) is 14.8. The van der Waals surface area contributed by atoms with E-state index in [2.05, 4.69) is 5.32 Å². The van der Waals surface area contributed by atoms with Crippen molar-refractivity contribution < 1.29 is 18.7 Å². The van der Waals surface area contributed by atoms with E-state index in [4.69, 9.17) is 9.47 Å². The van der Waals surface area contributed by atoms with Gasteiger partial charge in [-0.25, -0.2) is 4.39 Å². The highest BCUT2D eigenvalue weighted by molar-refractivity contribution is 5.81. The van der Waals surface area contributed by atoms with E-state index in [1.165, 1.54) is 12.1 Å². The number of rotatable bonds is 8. The third kappa shape index (κ3) is 5.78. The van der Waals surface area contributed by atoms with Crippen LogP contribution in [0.1, 0.15) is 25.8 Å². The maximum absolute atomic E-state index is 13.7. The van der Waals surface area contributed by atoms with Crippen LogP contribution in [0.3, 0.4) is 0 Å². The van der Waals surface area contributed by atoms with E-state index in [0.29, 0.717) is 13.0 Å². The molecule has 25 heavy (non-hydrogen) atoms. The summed E-state index contributed by atoms with van der Waals surface area (Å²) in [5.74, 6) is 0.0599. The molecule has 0 bridgehead atoms. The van der Waals surface area contributed by atoms with Gasteiger partial charge in [-0.2, -0.15) is 0 Å². The first-order valence-electron chi connectivity index (χ1n) is 8.40. The Morgan fingerprint density at radius 2 is 1.84 bits per heavy atom. The lowest BCUT2D eigenvalue weighted by Gasteiger charge is -2.21. The fourth-order valence-corrected chi connectivity index (χ4v) is 2.25. The summed E-state index contributed by atoms with van der Waals surface area (Å²) in [4.78, 5) is 12.3. The molecule has 0 aliphatic rings. The Bertz CT molecular complexity index is 688. The van der Waals surface area contributed by atoms with Crippen LogP contribution in [0.25, 0.3) is 0 Å². The lowest BCUT2D eigenvalue weighted by Crippen LogP contribution is -2.44.